The summed E-state index contributed by atoms with van der Waals surface area (Å²) in [6, 6.07) is 9.85. The fraction of sp³-hybridized carbons (Fsp3) is 0.0714. The predicted octanol–water partition coefficient (Wildman–Crippen LogP) is 2.43. The molecule has 0 saturated carbocycles. The van der Waals surface area contributed by atoms with Gasteiger partial charge in [-0.15, -0.1) is 0 Å². The minimum Gasteiger partial charge on any atom is -0.305 e. The summed E-state index contributed by atoms with van der Waals surface area (Å²) in [4.78, 5) is 23.0. The molecule has 0 saturated heterocycles. The van der Waals surface area contributed by atoms with Gasteiger partial charge in [-0.2, -0.15) is 0 Å². The van der Waals surface area contributed by atoms with Crippen molar-refractivity contribution in [2.75, 3.05) is 0 Å². The summed E-state index contributed by atoms with van der Waals surface area (Å²) in [5.74, 6) is -0.0429. The quantitative estimate of drug-likeness (QED) is 0.726. The standard InChI is InChI=1S/C14H10FN3O/c1-8-10(15)6-7-12(16-8)13-17-11-5-3-2-4-9(11)14(19)18-13/h2-7H,1H3,(H,17,18,19). The molecule has 1 aromatic carbocycles. The van der Waals surface area contributed by atoms with Crippen molar-refractivity contribution < 1.29 is 4.39 Å². The minimum absolute atomic E-state index is 0.232. The second-order valence-electron chi connectivity index (χ2n) is 4.20. The Morgan fingerprint density at radius 3 is 2.68 bits per heavy atom. The number of fused-ring (bicyclic) bond motifs is 1. The number of hydrogen-bond acceptors (Lipinski definition) is 3. The Labute approximate surface area is 108 Å². The summed E-state index contributed by atoms with van der Waals surface area (Å²) in [7, 11) is 0. The number of pyridine rings is 1. The summed E-state index contributed by atoms with van der Waals surface area (Å²) in [6.07, 6.45) is 0. The van der Waals surface area contributed by atoms with E-state index in [-0.39, 0.29) is 17.1 Å². The van der Waals surface area contributed by atoms with Gasteiger partial charge in [0.05, 0.1) is 16.6 Å². The monoisotopic (exact) mass is 255 g/mol. The Bertz CT molecular complexity index is 826. The van der Waals surface area contributed by atoms with Crippen molar-refractivity contribution in [2.45, 2.75) is 6.92 Å². The zero-order valence-electron chi connectivity index (χ0n) is 10.1. The van der Waals surface area contributed by atoms with Crippen molar-refractivity contribution >= 4 is 10.9 Å². The van der Waals surface area contributed by atoms with Crippen molar-refractivity contribution in [1.82, 2.24) is 15.0 Å². The third-order valence-electron chi connectivity index (χ3n) is 2.88. The van der Waals surface area contributed by atoms with Crippen LogP contribution in [0.1, 0.15) is 5.69 Å². The smallest absolute Gasteiger partial charge is 0.259 e. The molecule has 0 amide bonds. The summed E-state index contributed by atoms with van der Waals surface area (Å²) in [5.41, 5.74) is 1.07. The number of H-pyrrole nitrogens is 1. The van der Waals surface area contributed by atoms with E-state index in [1.54, 1.807) is 25.1 Å². The summed E-state index contributed by atoms with van der Waals surface area (Å²) in [6.45, 7) is 1.57. The zero-order chi connectivity index (χ0) is 13.4. The van der Waals surface area contributed by atoms with Gasteiger partial charge < -0.3 is 4.98 Å². The minimum atomic E-state index is -0.383. The van der Waals surface area contributed by atoms with E-state index in [1.807, 2.05) is 6.07 Å². The topological polar surface area (TPSA) is 58.6 Å². The fourth-order valence-electron chi connectivity index (χ4n) is 1.88. The van der Waals surface area contributed by atoms with Gasteiger partial charge in [-0.3, -0.25) is 4.79 Å². The third-order valence-corrected chi connectivity index (χ3v) is 2.88. The second-order valence-corrected chi connectivity index (χ2v) is 4.20. The summed E-state index contributed by atoms with van der Waals surface area (Å²) >= 11 is 0. The Kier molecular flexibility index (Phi) is 2.59. The van der Waals surface area contributed by atoms with Crippen LogP contribution in [0.5, 0.6) is 0 Å². The number of aryl methyl sites for hydroxylation is 1. The lowest BCUT2D eigenvalue weighted by molar-refractivity contribution is 0.610. The maximum Gasteiger partial charge on any atom is 0.259 e. The number of hydrogen-bond donors (Lipinski definition) is 1. The highest BCUT2D eigenvalue weighted by molar-refractivity contribution is 5.78. The number of para-hydroxylation sites is 1. The van der Waals surface area contributed by atoms with Gasteiger partial charge in [-0.25, -0.2) is 14.4 Å². The molecule has 3 aromatic rings. The van der Waals surface area contributed by atoms with Crippen molar-refractivity contribution in [3.8, 4) is 11.5 Å². The van der Waals surface area contributed by atoms with E-state index in [0.717, 1.165) is 0 Å². The lowest BCUT2D eigenvalue weighted by atomic mass is 10.2. The molecule has 4 nitrogen and oxygen atoms in total. The average molecular weight is 255 g/mol. The van der Waals surface area contributed by atoms with Crippen LogP contribution in [0.25, 0.3) is 22.4 Å². The first-order valence-electron chi connectivity index (χ1n) is 5.78. The van der Waals surface area contributed by atoms with Gasteiger partial charge in [0, 0.05) is 0 Å². The molecule has 5 heteroatoms. The number of nitrogens with zero attached hydrogens (tertiary/aromatic N) is 2. The maximum absolute atomic E-state index is 13.2. The second kappa shape index (κ2) is 4.28. The Morgan fingerprint density at radius 2 is 1.89 bits per heavy atom. The number of nitrogens with one attached hydrogen (secondary N) is 1. The SMILES string of the molecule is Cc1nc(-c2nc3ccccc3c(=O)[nH]2)ccc1F. The van der Waals surface area contributed by atoms with Crippen molar-refractivity contribution in [1.29, 1.82) is 0 Å². The first-order valence-corrected chi connectivity index (χ1v) is 5.78. The zero-order valence-corrected chi connectivity index (χ0v) is 10.1. The molecule has 0 spiro atoms. The first kappa shape index (κ1) is 11.5. The van der Waals surface area contributed by atoms with Crippen LogP contribution in [-0.4, -0.2) is 15.0 Å². The van der Waals surface area contributed by atoms with E-state index >= 15 is 0 Å². The number of halogens is 1. The molecule has 0 atom stereocenters. The molecule has 0 unspecified atom stereocenters. The van der Waals surface area contributed by atoms with Gasteiger partial charge in [-0.1, -0.05) is 12.1 Å². The van der Waals surface area contributed by atoms with Crippen LogP contribution in [0, 0.1) is 12.7 Å². The molecule has 1 N–H and O–H groups in total. The van der Waals surface area contributed by atoms with E-state index in [2.05, 4.69) is 15.0 Å². The van der Waals surface area contributed by atoms with E-state index in [1.165, 1.54) is 12.1 Å². The molecule has 0 aliphatic carbocycles. The van der Waals surface area contributed by atoms with Gasteiger partial charge in [0.15, 0.2) is 5.82 Å². The van der Waals surface area contributed by atoms with Crippen LogP contribution in [0.3, 0.4) is 0 Å². The van der Waals surface area contributed by atoms with Crippen LogP contribution >= 0.6 is 0 Å². The van der Waals surface area contributed by atoms with Gasteiger partial charge in [0.2, 0.25) is 0 Å². The lowest BCUT2D eigenvalue weighted by Gasteiger charge is -2.03. The van der Waals surface area contributed by atoms with Gasteiger partial charge in [0.25, 0.3) is 5.56 Å². The molecule has 0 aliphatic rings. The Morgan fingerprint density at radius 1 is 1.11 bits per heavy atom. The van der Waals surface area contributed by atoms with Gasteiger partial charge in [0.1, 0.15) is 11.5 Å². The number of rotatable bonds is 1. The molecular formula is C14H10FN3O. The van der Waals surface area contributed by atoms with E-state index in [0.29, 0.717) is 22.4 Å². The molecule has 0 radical (unpaired) electrons. The molecule has 3 rings (SSSR count). The fourth-order valence-corrected chi connectivity index (χ4v) is 1.88. The highest BCUT2D eigenvalue weighted by Crippen LogP contribution is 2.15. The van der Waals surface area contributed by atoms with Gasteiger partial charge in [-0.05, 0) is 31.2 Å². The molecule has 2 heterocycles. The average Bonchev–Trinajstić information content (AvgIpc) is 2.42. The Balaban J connectivity index is 2.25. The van der Waals surface area contributed by atoms with E-state index < -0.39 is 0 Å². The molecular weight excluding hydrogens is 245 g/mol. The van der Waals surface area contributed by atoms with Gasteiger partial charge >= 0.3 is 0 Å². The number of aromatic amines is 1. The largest absolute Gasteiger partial charge is 0.305 e. The maximum atomic E-state index is 13.2. The highest BCUT2D eigenvalue weighted by atomic mass is 19.1. The number of benzene rings is 1. The Hall–Kier alpha value is -2.56. The van der Waals surface area contributed by atoms with Crippen molar-refractivity contribution in [3.05, 3.63) is 58.3 Å². The van der Waals surface area contributed by atoms with Crippen molar-refractivity contribution in [2.24, 2.45) is 0 Å². The van der Waals surface area contributed by atoms with Crippen molar-refractivity contribution in [3.63, 3.8) is 0 Å². The lowest BCUT2D eigenvalue weighted by Crippen LogP contribution is -2.10. The molecule has 94 valence electrons. The summed E-state index contributed by atoms with van der Waals surface area (Å²) < 4.78 is 13.2. The molecule has 0 bridgehead atoms. The third kappa shape index (κ3) is 1.99. The van der Waals surface area contributed by atoms with Crippen LogP contribution in [0.4, 0.5) is 4.39 Å². The number of aromatic nitrogens is 3. The van der Waals surface area contributed by atoms with Crippen LogP contribution in [0.15, 0.2) is 41.2 Å². The molecule has 0 aliphatic heterocycles. The normalized spacial score (nSPS) is 10.8. The first-order chi connectivity index (χ1) is 9.15. The highest BCUT2D eigenvalue weighted by Gasteiger charge is 2.08. The van der Waals surface area contributed by atoms with E-state index in [4.69, 9.17) is 0 Å². The van der Waals surface area contributed by atoms with Crippen LogP contribution in [0.2, 0.25) is 0 Å². The summed E-state index contributed by atoms with van der Waals surface area (Å²) in [5, 5.41) is 0.519. The van der Waals surface area contributed by atoms with E-state index in [9.17, 15) is 9.18 Å². The van der Waals surface area contributed by atoms with Crippen LogP contribution in [-0.2, 0) is 0 Å². The molecule has 2 aromatic heterocycles. The van der Waals surface area contributed by atoms with Crippen LogP contribution < -0.4 is 5.56 Å². The predicted molar refractivity (Wildman–Crippen MR) is 70.3 cm³/mol. The molecule has 19 heavy (non-hydrogen) atoms. The molecule has 0 fully saturated rings.